The minimum atomic E-state index is -0.639. The lowest BCUT2D eigenvalue weighted by Gasteiger charge is -2.32. The zero-order valence-electron chi connectivity index (χ0n) is 13.5. The van der Waals surface area contributed by atoms with Gasteiger partial charge in [-0.2, -0.15) is 0 Å². The van der Waals surface area contributed by atoms with Gasteiger partial charge in [0.1, 0.15) is 5.75 Å². The molecule has 0 radical (unpaired) electrons. The Hall–Kier alpha value is -1.79. The predicted octanol–water partition coefficient (Wildman–Crippen LogP) is 1.56. The first-order valence-electron chi connectivity index (χ1n) is 8.28. The summed E-state index contributed by atoms with van der Waals surface area (Å²) in [6.07, 6.45) is 4.56. The van der Waals surface area contributed by atoms with Gasteiger partial charge in [0.2, 0.25) is 0 Å². The molecule has 2 fully saturated rings. The molecule has 0 unspecified atom stereocenters. The van der Waals surface area contributed by atoms with Crippen LogP contribution in [-0.4, -0.2) is 48.5 Å². The van der Waals surface area contributed by atoms with Gasteiger partial charge in [0.05, 0.1) is 5.56 Å². The predicted molar refractivity (Wildman–Crippen MR) is 91.2 cm³/mol. The lowest BCUT2D eigenvalue weighted by Crippen LogP contribution is -2.46. The second-order valence-corrected chi connectivity index (χ2v) is 6.84. The molecule has 0 atom stereocenters. The molecule has 1 heterocycles. The van der Waals surface area contributed by atoms with Crippen molar-refractivity contribution in [1.82, 2.24) is 10.2 Å². The van der Waals surface area contributed by atoms with Crippen LogP contribution in [0.2, 0.25) is 5.02 Å². The molecule has 0 aromatic heterocycles. The summed E-state index contributed by atoms with van der Waals surface area (Å²) in [6, 6.07) is 5.54. The maximum atomic E-state index is 12.1. The summed E-state index contributed by atoms with van der Waals surface area (Å²) < 4.78 is 5.44. The monoisotopic (exact) mass is 351 g/mol. The molecule has 1 saturated carbocycles. The third-order valence-corrected chi connectivity index (χ3v) is 4.76. The fourth-order valence-electron chi connectivity index (χ4n) is 3.08. The van der Waals surface area contributed by atoms with E-state index in [1.807, 2.05) is 0 Å². The van der Waals surface area contributed by atoms with Crippen molar-refractivity contribution in [2.75, 3.05) is 19.7 Å². The Morgan fingerprint density at radius 3 is 2.58 bits per heavy atom. The average Bonchev–Trinajstić information content (AvgIpc) is 3.39. The SMILES string of the molecule is NC(=O)c1cc(Cl)ccc1OCC(=O)NC1CCN(C2CC2)CC1. The van der Waals surface area contributed by atoms with Crippen molar-refractivity contribution in [2.24, 2.45) is 5.73 Å². The highest BCUT2D eigenvalue weighted by atomic mass is 35.5. The van der Waals surface area contributed by atoms with Crippen LogP contribution in [0.3, 0.4) is 0 Å². The Morgan fingerprint density at radius 1 is 1.25 bits per heavy atom. The number of hydrogen-bond donors (Lipinski definition) is 2. The first kappa shape index (κ1) is 17.0. The lowest BCUT2D eigenvalue weighted by atomic mass is 10.0. The number of carbonyl (C=O) groups excluding carboxylic acids is 2. The van der Waals surface area contributed by atoms with E-state index in [2.05, 4.69) is 10.2 Å². The van der Waals surface area contributed by atoms with Gasteiger partial charge in [0.15, 0.2) is 6.61 Å². The minimum absolute atomic E-state index is 0.148. The first-order valence-corrected chi connectivity index (χ1v) is 8.66. The van der Waals surface area contributed by atoms with Gasteiger partial charge < -0.3 is 20.7 Å². The molecule has 3 N–H and O–H groups in total. The Bertz CT molecular complexity index is 626. The smallest absolute Gasteiger partial charge is 0.258 e. The van der Waals surface area contributed by atoms with E-state index in [0.29, 0.717) is 5.02 Å². The van der Waals surface area contributed by atoms with Gasteiger partial charge in [0.25, 0.3) is 11.8 Å². The molecule has 0 spiro atoms. The molecule has 1 aromatic carbocycles. The number of amides is 2. The summed E-state index contributed by atoms with van der Waals surface area (Å²) in [4.78, 5) is 26.0. The van der Waals surface area contributed by atoms with Crippen LogP contribution in [0.1, 0.15) is 36.0 Å². The highest BCUT2D eigenvalue weighted by Gasteiger charge is 2.32. The number of carbonyl (C=O) groups is 2. The van der Waals surface area contributed by atoms with E-state index in [0.717, 1.165) is 32.0 Å². The quantitative estimate of drug-likeness (QED) is 0.814. The number of hydrogen-bond acceptors (Lipinski definition) is 4. The van der Waals surface area contributed by atoms with E-state index in [4.69, 9.17) is 22.1 Å². The van der Waals surface area contributed by atoms with E-state index in [-0.39, 0.29) is 29.9 Å². The number of nitrogens with one attached hydrogen (secondary N) is 1. The van der Waals surface area contributed by atoms with E-state index < -0.39 is 5.91 Å². The molecule has 1 saturated heterocycles. The third kappa shape index (κ3) is 4.39. The van der Waals surface area contributed by atoms with Crippen LogP contribution >= 0.6 is 11.6 Å². The zero-order chi connectivity index (χ0) is 17.1. The summed E-state index contributed by atoms with van der Waals surface area (Å²) in [6.45, 7) is 1.93. The van der Waals surface area contributed by atoms with Gasteiger partial charge in [-0.15, -0.1) is 0 Å². The number of piperidine rings is 1. The summed E-state index contributed by atoms with van der Waals surface area (Å²) >= 11 is 5.84. The maximum absolute atomic E-state index is 12.1. The Balaban J connectivity index is 1.46. The van der Waals surface area contributed by atoms with Gasteiger partial charge in [0, 0.05) is 30.2 Å². The molecule has 7 heteroatoms. The van der Waals surface area contributed by atoms with Crippen molar-refractivity contribution in [2.45, 2.75) is 37.8 Å². The van der Waals surface area contributed by atoms with E-state index in [1.54, 1.807) is 12.1 Å². The van der Waals surface area contributed by atoms with Crippen molar-refractivity contribution in [1.29, 1.82) is 0 Å². The van der Waals surface area contributed by atoms with Crippen LogP contribution in [0, 0.1) is 0 Å². The van der Waals surface area contributed by atoms with Gasteiger partial charge in [-0.25, -0.2) is 0 Å². The van der Waals surface area contributed by atoms with Crippen molar-refractivity contribution in [3.63, 3.8) is 0 Å². The summed E-state index contributed by atoms with van der Waals surface area (Å²) in [5.41, 5.74) is 5.47. The molecule has 24 heavy (non-hydrogen) atoms. The number of primary amides is 1. The van der Waals surface area contributed by atoms with Crippen molar-refractivity contribution in [3.05, 3.63) is 28.8 Å². The highest BCUT2D eigenvalue weighted by molar-refractivity contribution is 6.31. The van der Waals surface area contributed by atoms with Gasteiger partial charge in [-0.1, -0.05) is 11.6 Å². The summed E-state index contributed by atoms with van der Waals surface area (Å²) in [5.74, 6) is -0.559. The number of nitrogens with two attached hydrogens (primary N) is 1. The first-order chi connectivity index (χ1) is 11.5. The van der Waals surface area contributed by atoms with Crippen molar-refractivity contribution >= 4 is 23.4 Å². The molecule has 6 nitrogen and oxygen atoms in total. The Labute approximate surface area is 146 Å². The lowest BCUT2D eigenvalue weighted by molar-refractivity contribution is -0.124. The van der Waals surface area contributed by atoms with E-state index in [9.17, 15) is 9.59 Å². The molecule has 0 bridgehead atoms. The number of likely N-dealkylation sites (tertiary alicyclic amines) is 1. The van der Waals surface area contributed by atoms with Crippen LogP contribution in [0.4, 0.5) is 0 Å². The van der Waals surface area contributed by atoms with Gasteiger partial charge in [-0.3, -0.25) is 9.59 Å². The normalized spacial score (nSPS) is 19.0. The Kier molecular flexibility index (Phi) is 5.26. The highest BCUT2D eigenvalue weighted by Crippen LogP contribution is 2.29. The molecular weight excluding hydrogens is 330 g/mol. The molecule has 1 aliphatic carbocycles. The number of halogens is 1. The number of rotatable bonds is 6. The summed E-state index contributed by atoms with van der Waals surface area (Å²) in [5, 5.41) is 3.39. The molecular formula is C17H22ClN3O3. The van der Waals surface area contributed by atoms with E-state index in [1.165, 1.54) is 18.9 Å². The second-order valence-electron chi connectivity index (χ2n) is 6.40. The standard InChI is InChI=1S/C17H22ClN3O3/c18-11-1-4-15(14(9-11)17(19)23)24-10-16(22)20-12-5-7-21(8-6-12)13-2-3-13/h1,4,9,12-13H,2-3,5-8,10H2,(H2,19,23)(H,20,22). The van der Waals surface area contributed by atoms with Gasteiger partial charge in [-0.05, 0) is 43.9 Å². The number of benzene rings is 1. The molecule has 3 rings (SSSR count). The number of ether oxygens (including phenoxy) is 1. The zero-order valence-corrected chi connectivity index (χ0v) is 14.2. The minimum Gasteiger partial charge on any atom is -0.483 e. The third-order valence-electron chi connectivity index (χ3n) is 4.52. The second kappa shape index (κ2) is 7.40. The van der Waals surface area contributed by atoms with Crippen LogP contribution in [0.25, 0.3) is 0 Å². The molecule has 1 aromatic rings. The van der Waals surface area contributed by atoms with E-state index >= 15 is 0 Å². The summed E-state index contributed by atoms with van der Waals surface area (Å²) in [7, 11) is 0. The van der Waals surface area contributed by atoms with Crippen LogP contribution in [0.5, 0.6) is 5.75 Å². The van der Waals surface area contributed by atoms with Crippen LogP contribution < -0.4 is 15.8 Å². The topological polar surface area (TPSA) is 84.7 Å². The largest absolute Gasteiger partial charge is 0.483 e. The number of nitrogens with zero attached hydrogens (tertiary/aromatic N) is 1. The van der Waals surface area contributed by atoms with Gasteiger partial charge >= 0.3 is 0 Å². The fourth-order valence-corrected chi connectivity index (χ4v) is 3.25. The van der Waals surface area contributed by atoms with Crippen molar-refractivity contribution < 1.29 is 14.3 Å². The van der Waals surface area contributed by atoms with Crippen molar-refractivity contribution in [3.8, 4) is 5.75 Å². The molecule has 2 amide bonds. The maximum Gasteiger partial charge on any atom is 0.258 e. The Morgan fingerprint density at radius 2 is 1.96 bits per heavy atom. The molecule has 2 aliphatic rings. The van der Waals surface area contributed by atoms with Crippen LogP contribution in [0.15, 0.2) is 18.2 Å². The molecule has 130 valence electrons. The van der Waals surface area contributed by atoms with Crippen LogP contribution in [-0.2, 0) is 4.79 Å². The molecule has 1 aliphatic heterocycles. The average molecular weight is 352 g/mol. The fraction of sp³-hybridized carbons (Fsp3) is 0.529.